The van der Waals surface area contributed by atoms with Gasteiger partial charge in [-0.3, -0.25) is 5.32 Å². The van der Waals surface area contributed by atoms with Crippen LogP contribution in [0.1, 0.15) is 0 Å². The number of carboxylic acid groups (broad SMARTS) is 1. The van der Waals surface area contributed by atoms with Crippen LogP contribution in [-0.2, 0) is 9.05 Å². The number of anilines is 1. The van der Waals surface area contributed by atoms with Crippen LogP contribution in [0.5, 0.6) is 0 Å². The summed E-state index contributed by atoms with van der Waals surface area (Å²) in [6, 6.07) is 4.00. The van der Waals surface area contributed by atoms with Gasteiger partial charge in [0.1, 0.15) is 0 Å². The Hall–Kier alpha value is -1.80. The fraction of sp³-hybridized carbons (Fsp3) is 0. The first-order chi connectivity index (χ1) is 7.86. The lowest BCUT2D eigenvalue weighted by molar-refractivity contribution is 0.209. The summed E-state index contributed by atoms with van der Waals surface area (Å²) in [4.78, 5) is 16.8. The molecule has 0 aliphatic heterocycles. The van der Waals surface area contributed by atoms with Crippen LogP contribution in [0.3, 0.4) is 0 Å². The van der Waals surface area contributed by atoms with E-state index in [4.69, 9.17) is 15.8 Å². The first-order valence-corrected chi connectivity index (χ1v) is 6.61. The Morgan fingerprint density at radius 3 is 2.76 bits per heavy atom. The van der Waals surface area contributed by atoms with E-state index in [0.29, 0.717) is 11.0 Å². The van der Waals surface area contributed by atoms with Crippen molar-refractivity contribution in [2.75, 3.05) is 5.32 Å². The number of fused-ring (bicyclic) bond motifs is 1. The number of nitrogens with zero attached hydrogens (tertiary/aromatic N) is 1. The topological polar surface area (TPSA) is 112 Å². The molecule has 0 atom stereocenters. The van der Waals surface area contributed by atoms with E-state index in [2.05, 4.69) is 9.97 Å². The largest absolute Gasteiger partial charge is 0.465 e. The van der Waals surface area contributed by atoms with Crippen LogP contribution in [0.4, 0.5) is 10.7 Å². The normalized spacial score (nSPS) is 11.6. The molecule has 3 N–H and O–H groups in total. The Bertz CT molecular complexity index is 694. The van der Waals surface area contributed by atoms with Crippen LogP contribution in [0, 0.1) is 0 Å². The third kappa shape index (κ3) is 2.48. The summed E-state index contributed by atoms with van der Waals surface area (Å²) in [6.45, 7) is 0. The van der Waals surface area contributed by atoms with Gasteiger partial charge in [0.05, 0.1) is 15.9 Å². The molecule has 0 unspecified atom stereocenters. The third-order valence-corrected chi connectivity index (χ3v) is 3.31. The molecular formula is C8H6ClN3O4S. The second-order valence-electron chi connectivity index (χ2n) is 3.13. The van der Waals surface area contributed by atoms with E-state index in [1.165, 1.54) is 18.2 Å². The van der Waals surface area contributed by atoms with Crippen LogP contribution in [0.25, 0.3) is 11.0 Å². The minimum absolute atomic E-state index is 0.0108. The average molecular weight is 276 g/mol. The third-order valence-electron chi connectivity index (χ3n) is 1.96. The summed E-state index contributed by atoms with van der Waals surface area (Å²) in [7, 11) is 1.35. The minimum atomic E-state index is -3.83. The fourth-order valence-corrected chi connectivity index (χ4v) is 2.07. The molecule has 0 saturated heterocycles. The number of benzene rings is 1. The van der Waals surface area contributed by atoms with Crippen molar-refractivity contribution >= 4 is 42.8 Å². The number of imidazole rings is 1. The molecule has 1 aromatic heterocycles. The highest BCUT2D eigenvalue weighted by atomic mass is 35.7. The zero-order valence-corrected chi connectivity index (χ0v) is 9.71. The van der Waals surface area contributed by atoms with E-state index in [1.54, 1.807) is 0 Å². The van der Waals surface area contributed by atoms with E-state index in [-0.39, 0.29) is 10.8 Å². The molecule has 2 rings (SSSR count). The predicted octanol–water partition coefficient (Wildman–Crippen LogP) is 1.58. The van der Waals surface area contributed by atoms with Crippen molar-refractivity contribution in [3.8, 4) is 0 Å². The van der Waals surface area contributed by atoms with Crippen LogP contribution in [0.2, 0.25) is 0 Å². The molecule has 17 heavy (non-hydrogen) atoms. The maximum absolute atomic E-state index is 11.1. The maximum Gasteiger partial charge on any atom is 0.411 e. The fourth-order valence-electron chi connectivity index (χ4n) is 1.30. The zero-order chi connectivity index (χ0) is 12.6. The number of hydrogen-bond donors (Lipinski definition) is 3. The second kappa shape index (κ2) is 3.90. The number of carbonyl (C=O) groups is 1. The quantitative estimate of drug-likeness (QED) is 0.720. The van der Waals surface area contributed by atoms with Gasteiger partial charge in [-0.1, -0.05) is 0 Å². The molecule has 0 bridgehead atoms. The van der Waals surface area contributed by atoms with E-state index in [0.717, 1.165) is 0 Å². The van der Waals surface area contributed by atoms with Crippen molar-refractivity contribution in [3.05, 3.63) is 18.2 Å². The summed E-state index contributed by atoms with van der Waals surface area (Å²) in [5, 5.41) is 10.5. The SMILES string of the molecule is O=C(O)Nc1nc2cc(S(=O)(=O)Cl)ccc2[nH]1. The summed E-state index contributed by atoms with van der Waals surface area (Å²) < 4.78 is 22.2. The van der Waals surface area contributed by atoms with Gasteiger partial charge in [-0.15, -0.1) is 0 Å². The Balaban J connectivity index is 2.52. The summed E-state index contributed by atoms with van der Waals surface area (Å²) >= 11 is 0. The Kier molecular flexibility index (Phi) is 2.68. The standard InChI is InChI=1S/C8H6ClN3O4S/c9-17(15,16)4-1-2-5-6(3-4)11-7(10-5)12-8(13)14/h1-3H,(H,13,14)(H2,10,11,12). The van der Waals surface area contributed by atoms with Gasteiger partial charge < -0.3 is 10.1 Å². The molecule has 1 aromatic carbocycles. The first-order valence-electron chi connectivity index (χ1n) is 4.30. The molecule has 90 valence electrons. The van der Waals surface area contributed by atoms with Crippen molar-refractivity contribution in [2.24, 2.45) is 0 Å². The van der Waals surface area contributed by atoms with Crippen LogP contribution in [0.15, 0.2) is 23.1 Å². The number of rotatable bonds is 2. The van der Waals surface area contributed by atoms with Crippen molar-refractivity contribution in [3.63, 3.8) is 0 Å². The molecule has 0 radical (unpaired) electrons. The highest BCUT2D eigenvalue weighted by Gasteiger charge is 2.12. The Morgan fingerprint density at radius 2 is 2.18 bits per heavy atom. The van der Waals surface area contributed by atoms with E-state index >= 15 is 0 Å². The van der Waals surface area contributed by atoms with Gasteiger partial charge in [-0.05, 0) is 18.2 Å². The van der Waals surface area contributed by atoms with Gasteiger partial charge in [0, 0.05) is 10.7 Å². The average Bonchev–Trinajstić information content (AvgIpc) is 2.55. The molecule has 0 saturated carbocycles. The Morgan fingerprint density at radius 1 is 1.47 bits per heavy atom. The second-order valence-corrected chi connectivity index (χ2v) is 5.70. The van der Waals surface area contributed by atoms with Gasteiger partial charge in [0.15, 0.2) is 0 Å². The summed E-state index contributed by atoms with van der Waals surface area (Å²) in [6.07, 6.45) is -1.27. The van der Waals surface area contributed by atoms with Gasteiger partial charge in [0.25, 0.3) is 9.05 Å². The highest BCUT2D eigenvalue weighted by Crippen LogP contribution is 2.21. The van der Waals surface area contributed by atoms with Crippen LogP contribution < -0.4 is 5.32 Å². The predicted molar refractivity (Wildman–Crippen MR) is 60.8 cm³/mol. The first kappa shape index (κ1) is 11.7. The number of H-pyrrole nitrogens is 1. The van der Waals surface area contributed by atoms with E-state index < -0.39 is 15.1 Å². The number of aromatic nitrogens is 2. The number of halogens is 1. The highest BCUT2D eigenvalue weighted by molar-refractivity contribution is 8.13. The molecule has 1 amide bonds. The molecular weight excluding hydrogens is 270 g/mol. The zero-order valence-electron chi connectivity index (χ0n) is 8.14. The molecule has 0 aliphatic carbocycles. The van der Waals surface area contributed by atoms with E-state index in [9.17, 15) is 13.2 Å². The monoisotopic (exact) mass is 275 g/mol. The lowest BCUT2D eigenvalue weighted by atomic mass is 10.3. The van der Waals surface area contributed by atoms with Gasteiger partial charge in [-0.25, -0.2) is 18.2 Å². The summed E-state index contributed by atoms with van der Waals surface area (Å²) in [5.41, 5.74) is 0.799. The van der Waals surface area contributed by atoms with Crippen LogP contribution in [-0.4, -0.2) is 29.6 Å². The van der Waals surface area contributed by atoms with Gasteiger partial charge >= 0.3 is 6.09 Å². The number of amides is 1. The smallest absolute Gasteiger partial charge is 0.411 e. The molecule has 9 heteroatoms. The van der Waals surface area contributed by atoms with Gasteiger partial charge in [0.2, 0.25) is 5.95 Å². The molecule has 0 fully saturated rings. The number of hydrogen-bond acceptors (Lipinski definition) is 4. The molecule has 0 spiro atoms. The minimum Gasteiger partial charge on any atom is -0.465 e. The molecule has 0 aliphatic rings. The van der Waals surface area contributed by atoms with Crippen molar-refractivity contribution in [1.29, 1.82) is 0 Å². The van der Waals surface area contributed by atoms with Gasteiger partial charge in [-0.2, -0.15) is 0 Å². The molecule has 1 heterocycles. The lowest BCUT2D eigenvalue weighted by Crippen LogP contribution is -2.08. The molecule has 7 nitrogen and oxygen atoms in total. The number of aromatic amines is 1. The number of nitrogens with one attached hydrogen (secondary N) is 2. The van der Waals surface area contributed by atoms with E-state index in [1.807, 2.05) is 5.32 Å². The Labute approximate surface area is 99.8 Å². The lowest BCUT2D eigenvalue weighted by Gasteiger charge is -1.94. The van der Waals surface area contributed by atoms with Crippen molar-refractivity contribution in [2.45, 2.75) is 4.90 Å². The molecule has 2 aromatic rings. The van der Waals surface area contributed by atoms with Crippen molar-refractivity contribution in [1.82, 2.24) is 9.97 Å². The summed E-state index contributed by atoms with van der Waals surface area (Å²) in [5.74, 6) is 0.0108. The van der Waals surface area contributed by atoms with Crippen LogP contribution >= 0.6 is 10.7 Å². The van der Waals surface area contributed by atoms with Crippen molar-refractivity contribution < 1.29 is 18.3 Å². The maximum atomic E-state index is 11.1.